The normalized spacial score (nSPS) is 15.8. The monoisotopic (exact) mass is 400 g/mol. The number of benzene rings is 3. The summed E-state index contributed by atoms with van der Waals surface area (Å²) in [6.07, 6.45) is 0. The molecule has 1 aliphatic heterocycles. The van der Waals surface area contributed by atoms with E-state index in [1.54, 1.807) is 24.3 Å². The van der Waals surface area contributed by atoms with Crippen LogP contribution in [0.2, 0.25) is 5.02 Å². The molecular weight excluding hydrogens is 388 g/mol. The van der Waals surface area contributed by atoms with Crippen molar-refractivity contribution in [3.63, 3.8) is 0 Å². The standard InChI is InChI=1S/C23H13ClN2O3/c24-14-6-3-5-13(10-14)18-17(11-25)22(26)28-21-16-9-8-12-4-1-2-7-15(12)20(16)29-23(27)19(18)21/h1-10,18H,26H2. The van der Waals surface area contributed by atoms with Gasteiger partial charge in [-0.25, -0.2) is 4.79 Å². The van der Waals surface area contributed by atoms with E-state index < -0.39 is 11.5 Å². The number of nitriles is 1. The van der Waals surface area contributed by atoms with Crippen LogP contribution in [0.4, 0.5) is 0 Å². The van der Waals surface area contributed by atoms with Gasteiger partial charge in [-0.15, -0.1) is 0 Å². The summed E-state index contributed by atoms with van der Waals surface area (Å²) < 4.78 is 11.5. The second kappa shape index (κ2) is 6.40. The highest BCUT2D eigenvalue weighted by Gasteiger charge is 2.35. The zero-order chi connectivity index (χ0) is 20.1. The highest BCUT2D eigenvalue weighted by molar-refractivity contribution is 6.30. The van der Waals surface area contributed by atoms with Gasteiger partial charge >= 0.3 is 5.63 Å². The smallest absolute Gasteiger partial charge is 0.344 e. The van der Waals surface area contributed by atoms with Crippen LogP contribution in [0.5, 0.6) is 5.75 Å². The minimum Gasteiger partial charge on any atom is -0.439 e. The largest absolute Gasteiger partial charge is 0.439 e. The summed E-state index contributed by atoms with van der Waals surface area (Å²) in [6, 6.07) is 20.4. The molecule has 0 saturated carbocycles. The molecule has 0 radical (unpaired) electrons. The fourth-order valence-corrected chi connectivity index (χ4v) is 4.07. The number of halogens is 1. The first kappa shape index (κ1) is 17.4. The van der Waals surface area contributed by atoms with Crippen LogP contribution in [0.15, 0.2) is 81.3 Å². The second-order valence-electron chi connectivity index (χ2n) is 6.78. The van der Waals surface area contributed by atoms with Gasteiger partial charge in [-0.05, 0) is 29.1 Å². The summed E-state index contributed by atoms with van der Waals surface area (Å²) in [5, 5.41) is 12.5. The Morgan fingerprint density at radius 3 is 2.66 bits per heavy atom. The first-order chi connectivity index (χ1) is 14.1. The third-order valence-corrected chi connectivity index (χ3v) is 5.38. The molecule has 2 N–H and O–H groups in total. The van der Waals surface area contributed by atoms with Gasteiger partial charge in [-0.3, -0.25) is 0 Å². The number of rotatable bonds is 1. The van der Waals surface area contributed by atoms with Crippen molar-refractivity contribution in [2.24, 2.45) is 5.73 Å². The maximum absolute atomic E-state index is 13.1. The van der Waals surface area contributed by atoms with Crippen LogP contribution in [0.3, 0.4) is 0 Å². The number of ether oxygens (including phenoxy) is 1. The van der Waals surface area contributed by atoms with Gasteiger partial charge in [-0.1, -0.05) is 54.1 Å². The fourth-order valence-electron chi connectivity index (χ4n) is 3.87. The van der Waals surface area contributed by atoms with Crippen molar-refractivity contribution in [2.45, 2.75) is 5.92 Å². The molecule has 0 saturated heterocycles. The molecule has 1 atom stereocenters. The molecule has 1 unspecified atom stereocenters. The molecule has 5 nitrogen and oxygen atoms in total. The Bertz CT molecular complexity index is 1450. The third-order valence-electron chi connectivity index (χ3n) is 5.14. The lowest BCUT2D eigenvalue weighted by Gasteiger charge is -2.26. The predicted octanol–water partition coefficient (Wildman–Crippen LogP) is 4.82. The van der Waals surface area contributed by atoms with E-state index in [4.69, 9.17) is 26.5 Å². The molecule has 6 heteroatoms. The van der Waals surface area contributed by atoms with E-state index in [0.717, 1.165) is 10.8 Å². The third kappa shape index (κ3) is 2.58. The minimum atomic E-state index is -0.727. The molecule has 0 aliphatic carbocycles. The molecular formula is C23H13ClN2O3. The number of nitrogens with zero attached hydrogens (tertiary/aromatic N) is 1. The van der Waals surface area contributed by atoms with Crippen molar-refractivity contribution in [2.75, 3.05) is 0 Å². The predicted molar refractivity (Wildman–Crippen MR) is 111 cm³/mol. The molecule has 0 spiro atoms. The SMILES string of the molecule is N#CC1=C(N)Oc2c(c(=O)oc3c2ccc2ccccc23)C1c1cccc(Cl)c1. The quantitative estimate of drug-likeness (QED) is 0.365. The Balaban J connectivity index is 1.89. The number of fused-ring (bicyclic) bond motifs is 5. The molecule has 4 aromatic rings. The maximum Gasteiger partial charge on any atom is 0.344 e. The van der Waals surface area contributed by atoms with E-state index in [1.807, 2.05) is 36.4 Å². The first-order valence-corrected chi connectivity index (χ1v) is 9.28. The average molecular weight is 401 g/mol. The Labute approximate surface area is 170 Å². The van der Waals surface area contributed by atoms with Crippen LogP contribution < -0.4 is 16.1 Å². The maximum atomic E-state index is 13.1. The summed E-state index contributed by atoms with van der Waals surface area (Å²) >= 11 is 6.16. The van der Waals surface area contributed by atoms with Crippen LogP contribution in [0, 0.1) is 11.3 Å². The zero-order valence-electron chi connectivity index (χ0n) is 15.0. The summed E-state index contributed by atoms with van der Waals surface area (Å²) in [7, 11) is 0. The number of allylic oxidation sites excluding steroid dienone is 1. The highest BCUT2D eigenvalue weighted by Crippen LogP contribution is 2.44. The fraction of sp³-hybridized carbons (Fsp3) is 0.0435. The van der Waals surface area contributed by atoms with Crippen LogP contribution in [-0.4, -0.2) is 0 Å². The topological polar surface area (TPSA) is 89.3 Å². The molecule has 29 heavy (non-hydrogen) atoms. The Hall–Kier alpha value is -3.75. The summed E-state index contributed by atoms with van der Waals surface area (Å²) in [5.41, 5.74) is 6.98. The summed E-state index contributed by atoms with van der Waals surface area (Å²) in [4.78, 5) is 13.1. The molecule has 0 amide bonds. The summed E-state index contributed by atoms with van der Waals surface area (Å²) in [6.45, 7) is 0. The van der Waals surface area contributed by atoms with Gasteiger partial charge in [0.25, 0.3) is 0 Å². The van der Waals surface area contributed by atoms with Gasteiger partial charge in [0.2, 0.25) is 5.88 Å². The molecule has 1 aromatic heterocycles. The Morgan fingerprint density at radius 2 is 1.86 bits per heavy atom. The Kier molecular flexibility index (Phi) is 3.83. The van der Waals surface area contributed by atoms with Gasteiger partial charge in [0, 0.05) is 10.4 Å². The molecule has 2 heterocycles. The van der Waals surface area contributed by atoms with Crippen molar-refractivity contribution in [1.82, 2.24) is 0 Å². The lowest BCUT2D eigenvalue weighted by molar-refractivity contribution is 0.388. The number of hydrogen-bond donors (Lipinski definition) is 1. The molecule has 1 aliphatic rings. The lowest BCUT2D eigenvalue weighted by Crippen LogP contribution is -2.26. The van der Waals surface area contributed by atoms with Crippen LogP contribution >= 0.6 is 11.6 Å². The zero-order valence-corrected chi connectivity index (χ0v) is 15.7. The molecule has 0 bridgehead atoms. The van der Waals surface area contributed by atoms with E-state index >= 15 is 0 Å². The van der Waals surface area contributed by atoms with Crippen molar-refractivity contribution in [1.29, 1.82) is 5.26 Å². The highest BCUT2D eigenvalue weighted by atomic mass is 35.5. The number of nitrogens with two attached hydrogens (primary N) is 1. The van der Waals surface area contributed by atoms with Gasteiger partial charge in [0.15, 0.2) is 5.75 Å². The van der Waals surface area contributed by atoms with Crippen LogP contribution in [0.25, 0.3) is 21.7 Å². The first-order valence-electron chi connectivity index (χ1n) is 8.90. The van der Waals surface area contributed by atoms with E-state index in [1.165, 1.54) is 0 Å². The number of hydrogen-bond acceptors (Lipinski definition) is 5. The van der Waals surface area contributed by atoms with Gasteiger partial charge in [-0.2, -0.15) is 5.26 Å². The van der Waals surface area contributed by atoms with E-state index in [2.05, 4.69) is 6.07 Å². The van der Waals surface area contributed by atoms with Crippen molar-refractivity contribution in [3.05, 3.63) is 98.7 Å². The lowest BCUT2D eigenvalue weighted by atomic mass is 9.84. The summed E-state index contributed by atoms with van der Waals surface area (Å²) in [5.74, 6) is -0.455. The average Bonchev–Trinajstić information content (AvgIpc) is 2.72. The van der Waals surface area contributed by atoms with Crippen molar-refractivity contribution >= 4 is 33.3 Å². The second-order valence-corrected chi connectivity index (χ2v) is 7.21. The van der Waals surface area contributed by atoms with Crippen LogP contribution in [0.1, 0.15) is 17.0 Å². The van der Waals surface area contributed by atoms with Crippen LogP contribution in [-0.2, 0) is 0 Å². The molecule has 5 rings (SSSR count). The molecule has 140 valence electrons. The van der Waals surface area contributed by atoms with Crippen molar-refractivity contribution in [3.8, 4) is 11.8 Å². The van der Waals surface area contributed by atoms with Gasteiger partial charge < -0.3 is 14.9 Å². The van der Waals surface area contributed by atoms with E-state index in [9.17, 15) is 10.1 Å². The minimum absolute atomic E-state index is 0.0370. The van der Waals surface area contributed by atoms with E-state index in [0.29, 0.717) is 27.3 Å². The van der Waals surface area contributed by atoms with Crippen molar-refractivity contribution < 1.29 is 9.15 Å². The molecule has 3 aromatic carbocycles. The van der Waals surface area contributed by atoms with Gasteiger partial charge in [0.05, 0.1) is 16.9 Å². The van der Waals surface area contributed by atoms with E-state index in [-0.39, 0.29) is 17.0 Å². The molecule has 0 fully saturated rings. The van der Waals surface area contributed by atoms with Gasteiger partial charge in [0.1, 0.15) is 17.2 Å². The Morgan fingerprint density at radius 1 is 1.03 bits per heavy atom.